The monoisotopic (exact) mass is 321 g/mol. The number of ether oxygens (including phenoxy) is 2. The molecule has 1 heterocycles. The molecule has 2 aromatic carbocycles. The molecule has 1 aliphatic rings. The van der Waals surface area contributed by atoms with Gasteiger partial charge in [0.25, 0.3) is 0 Å². The standard InChI is InChI=1S/C19H15NO4/c1-9-7-11-15-17(20-16(11)13(8-9)24-3)19(22)14-10(18(15)21)5-4-6-12(14)23-2/h4-8,20H,1-3H3. The Bertz CT molecular complexity index is 1030. The van der Waals surface area contributed by atoms with Crippen LogP contribution in [-0.4, -0.2) is 30.8 Å². The van der Waals surface area contributed by atoms with Crippen LogP contribution in [0.15, 0.2) is 30.3 Å². The summed E-state index contributed by atoms with van der Waals surface area (Å²) in [6.07, 6.45) is 0. The van der Waals surface area contributed by atoms with Gasteiger partial charge in [0.15, 0.2) is 5.78 Å². The average Bonchev–Trinajstić information content (AvgIpc) is 2.98. The molecule has 1 aliphatic carbocycles. The molecule has 3 aromatic rings. The minimum absolute atomic E-state index is 0.183. The molecule has 0 fully saturated rings. The van der Waals surface area contributed by atoms with Crippen molar-refractivity contribution < 1.29 is 19.1 Å². The smallest absolute Gasteiger partial charge is 0.214 e. The summed E-state index contributed by atoms with van der Waals surface area (Å²) < 4.78 is 10.7. The van der Waals surface area contributed by atoms with E-state index in [1.54, 1.807) is 25.3 Å². The molecule has 5 nitrogen and oxygen atoms in total. The third kappa shape index (κ3) is 1.75. The number of carbonyl (C=O) groups excluding carboxylic acids is 2. The van der Waals surface area contributed by atoms with Gasteiger partial charge in [-0.05, 0) is 30.7 Å². The Balaban J connectivity index is 2.10. The fraction of sp³-hybridized carbons (Fsp3) is 0.158. The highest BCUT2D eigenvalue weighted by Gasteiger charge is 2.35. The number of benzene rings is 2. The van der Waals surface area contributed by atoms with Crippen LogP contribution in [0.2, 0.25) is 0 Å². The van der Waals surface area contributed by atoms with Crippen molar-refractivity contribution in [2.75, 3.05) is 14.2 Å². The van der Waals surface area contributed by atoms with Crippen molar-refractivity contribution in [3.05, 3.63) is 58.3 Å². The number of hydrogen-bond acceptors (Lipinski definition) is 4. The number of methoxy groups -OCH3 is 2. The Hall–Kier alpha value is -3.08. The minimum atomic E-state index is -0.243. The first-order valence-corrected chi connectivity index (χ1v) is 7.53. The predicted molar refractivity (Wildman–Crippen MR) is 89.4 cm³/mol. The molecule has 0 bridgehead atoms. The Morgan fingerprint density at radius 3 is 2.38 bits per heavy atom. The largest absolute Gasteiger partial charge is 0.496 e. The Morgan fingerprint density at radius 1 is 0.917 bits per heavy atom. The molecule has 0 atom stereocenters. The first-order chi connectivity index (χ1) is 11.6. The van der Waals surface area contributed by atoms with Gasteiger partial charge in [0.1, 0.15) is 11.5 Å². The molecule has 0 amide bonds. The molecular weight excluding hydrogens is 306 g/mol. The van der Waals surface area contributed by atoms with Crippen molar-refractivity contribution in [1.82, 2.24) is 4.98 Å². The summed E-state index contributed by atoms with van der Waals surface area (Å²) in [7, 11) is 3.05. The van der Waals surface area contributed by atoms with Crippen LogP contribution >= 0.6 is 0 Å². The zero-order chi connectivity index (χ0) is 17.0. The first-order valence-electron chi connectivity index (χ1n) is 7.53. The predicted octanol–water partition coefficient (Wildman–Crippen LogP) is 3.27. The number of hydrogen-bond donors (Lipinski definition) is 1. The molecule has 1 aromatic heterocycles. The summed E-state index contributed by atoms with van der Waals surface area (Å²) in [5.74, 6) is 0.583. The van der Waals surface area contributed by atoms with Gasteiger partial charge in [0, 0.05) is 10.9 Å². The third-order valence-electron chi connectivity index (χ3n) is 4.41. The van der Waals surface area contributed by atoms with Gasteiger partial charge >= 0.3 is 0 Å². The van der Waals surface area contributed by atoms with E-state index in [1.165, 1.54) is 7.11 Å². The molecule has 0 radical (unpaired) electrons. The molecule has 1 N–H and O–H groups in total. The lowest BCUT2D eigenvalue weighted by atomic mass is 9.86. The van der Waals surface area contributed by atoms with Crippen LogP contribution in [0.25, 0.3) is 10.9 Å². The van der Waals surface area contributed by atoms with Gasteiger partial charge in [-0.15, -0.1) is 0 Å². The maximum absolute atomic E-state index is 13.0. The van der Waals surface area contributed by atoms with Gasteiger partial charge in [-0.1, -0.05) is 12.1 Å². The molecule has 0 saturated heterocycles. The number of carbonyl (C=O) groups is 2. The molecule has 24 heavy (non-hydrogen) atoms. The van der Waals surface area contributed by atoms with E-state index in [0.717, 1.165) is 5.56 Å². The highest BCUT2D eigenvalue weighted by atomic mass is 16.5. The second kappa shape index (κ2) is 4.96. The van der Waals surface area contributed by atoms with E-state index in [1.807, 2.05) is 19.1 Å². The number of aryl methyl sites for hydroxylation is 1. The van der Waals surface area contributed by atoms with Crippen LogP contribution in [-0.2, 0) is 0 Å². The van der Waals surface area contributed by atoms with E-state index in [-0.39, 0.29) is 17.3 Å². The second-order valence-electron chi connectivity index (χ2n) is 5.81. The molecule has 0 aliphatic heterocycles. The van der Waals surface area contributed by atoms with E-state index < -0.39 is 0 Å². The molecule has 0 spiro atoms. The van der Waals surface area contributed by atoms with E-state index in [2.05, 4.69) is 4.98 Å². The van der Waals surface area contributed by atoms with Crippen LogP contribution in [0, 0.1) is 6.92 Å². The molecule has 0 saturated carbocycles. The SMILES string of the molecule is COc1cccc2c1C(=O)c1[nH]c3c(OC)cc(C)cc3c1C2=O. The van der Waals surface area contributed by atoms with Crippen LogP contribution in [0.1, 0.15) is 37.5 Å². The summed E-state index contributed by atoms with van der Waals surface area (Å²) in [5, 5.41) is 0.702. The van der Waals surface area contributed by atoms with Crippen molar-refractivity contribution in [2.45, 2.75) is 6.92 Å². The average molecular weight is 321 g/mol. The lowest BCUT2D eigenvalue weighted by Gasteiger charge is -2.17. The number of ketones is 2. The first kappa shape index (κ1) is 14.5. The normalized spacial score (nSPS) is 13.0. The van der Waals surface area contributed by atoms with E-state index >= 15 is 0 Å². The summed E-state index contributed by atoms with van der Waals surface area (Å²) in [5.41, 5.74) is 2.97. The number of nitrogens with one attached hydrogen (secondary N) is 1. The molecule has 0 unspecified atom stereocenters. The van der Waals surface area contributed by atoms with Crippen LogP contribution < -0.4 is 9.47 Å². The molecule has 5 heteroatoms. The van der Waals surface area contributed by atoms with Gasteiger partial charge in [0.2, 0.25) is 5.78 Å². The van der Waals surface area contributed by atoms with Crippen molar-refractivity contribution in [3.63, 3.8) is 0 Å². The second-order valence-corrected chi connectivity index (χ2v) is 5.81. The number of rotatable bonds is 2. The summed E-state index contributed by atoms with van der Waals surface area (Å²) >= 11 is 0. The molecule has 4 rings (SSSR count). The van der Waals surface area contributed by atoms with Crippen molar-refractivity contribution in [3.8, 4) is 11.5 Å². The maximum Gasteiger partial charge on any atom is 0.214 e. The number of fused-ring (bicyclic) bond motifs is 4. The van der Waals surface area contributed by atoms with E-state index in [9.17, 15) is 9.59 Å². The van der Waals surface area contributed by atoms with Gasteiger partial charge in [-0.25, -0.2) is 0 Å². The Morgan fingerprint density at radius 2 is 1.67 bits per heavy atom. The Kier molecular flexibility index (Phi) is 3.00. The Labute approximate surface area is 138 Å². The zero-order valence-corrected chi connectivity index (χ0v) is 13.5. The maximum atomic E-state index is 13.0. The quantitative estimate of drug-likeness (QED) is 0.615. The van der Waals surface area contributed by atoms with Crippen molar-refractivity contribution in [2.24, 2.45) is 0 Å². The van der Waals surface area contributed by atoms with Crippen LogP contribution in [0.5, 0.6) is 11.5 Å². The number of aromatic amines is 1. The van der Waals surface area contributed by atoms with Gasteiger partial charge in [-0.2, -0.15) is 0 Å². The zero-order valence-electron chi connectivity index (χ0n) is 13.5. The number of H-pyrrole nitrogens is 1. The fourth-order valence-electron chi connectivity index (χ4n) is 3.35. The number of aromatic nitrogens is 1. The summed E-state index contributed by atoms with van der Waals surface area (Å²) in [6, 6.07) is 8.82. The van der Waals surface area contributed by atoms with Gasteiger partial charge in [-0.3, -0.25) is 9.59 Å². The van der Waals surface area contributed by atoms with Crippen molar-refractivity contribution >= 4 is 22.5 Å². The molecular formula is C19H15NO4. The topological polar surface area (TPSA) is 68.4 Å². The third-order valence-corrected chi connectivity index (χ3v) is 4.41. The fourth-order valence-corrected chi connectivity index (χ4v) is 3.35. The van der Waals surface area contributed by atoms with Crippen molar-refractivity contribution in [1.29, 1.82) is 0 Å². The van der Waals surface area contributed by atoms with Gasteiger partial charge in [0.05, 0.1) is 36.6 Å². The van der Waals surface area contributed by atoms with E-state index in [4.69, 9.17) is 9.47 Å². The van der Waals surface area contributed by atoms with Crippen LogP contribution in [0.3, 0.4) is 0 Å². The lowest BCUT2D eigenvalue weighted by molar-refractivity contribution is 0.0975. The highest BCUT2D eigenvalue weighted by molar-refractivity contribution is 6.33. The van der Waals surface area contributed by atoms with E-state index in [0.29, 0.717) is 39.1 Å². The lowest BCUT2D eigenvalue weighted by Crippen LogP contribution is -2.21. The summed E-state index contributed by atoms with van der Waals surface area (Å²) in [6.45, 7) is 1.92. The highest BCUT2D eigenvalue weighted by Crippen LogP contribution is 2.39. The van der Waals surface area contributed by atoms with Gasteiger partial charge < -0.3 is 14.5 Å². The molecule has 120 valence electrons. The minimum Gasteiger partial charge on any atom is -0.496 e. The summed E-state index contributed by atoms with van der Waals surface area (Å²) in [4.78, 5) is 29.1. The van der Waals surface area contributed by atoms with Crippen LogP contribution in [0.4, 0.5) is 0 Å².